The second-order valence-electron chi connectivity index (χ2n) is 8.99. The molecule has 0 radical (unpaired) electrons. The molecule has 2 aliphatic rings. The second-order valence-corrected chi connectivity index (χ2v) is 9.93. The van der Waals surface area contributed by atoms with Gasteiger partial charge in [0.15, 0.2) is 0 Å². The third kappa shape index (κ3) is 4.88. The Morgan fingerprint density at radius 1 is 1.18 bits per heavy atom. The molecule has 0 aliphatic carbocycles. The number of rotatable bonds is 7. The monoisotopic (exact) mass is 466 g/mol. The molecular weight excluding hydrogens is 436 g/mol. The zero-order valence-electron chi connectivity index (χ0n) is 19.0. The molecule has 0 spiro atoms. The van der Waals surface area contributed by atoms with E-state index < -0.39 is 0 Å². The molecule has 1 N–H and O–H groups in total. The summed E-state index contributed by atoms with van der Waals surface area (Å²) in [5.74, 6) is 0.431. The van der Waals surface area contributed by atoms with Crippen molar-refractivity contribution in [1.82, 2.24) is 24.8 Å². The number of aromatic nitrogens is 3. The number of carbonyl (C=O) groups excluding carboxylic acids is 2. The SMILES string of the molecule is Cc1ccc(-c2cn3nc(N4CCC(C(=O)NCCCN5CCCC5=O)CC4)sc3n2)cc1. The number of anilines is 1. The number of benzene rings is 1. The van der Waals surface area contributed by atoms with Gasteiger partial charge in [0.05, 0.1) is 11.9 Å². The summed E-state index contributed by atoms with van der Waals surface area (Å²) in [5.41, 5.74) is 3.26. The van der Waals surface area contributed by atoms with Gasteiger partial charge in [-0.25, -0.2) is 9.50 Å². The van der Waals surface area contributed by atoms with Gasteiger partial charge in [0.2, 0.25) is 21.9 Å². The van der Waals surface area contributed by atoms with E-state index in [1.807, 2.05) is 15.6 Å². The summed E-state index contributed by atoms with van der Waals surface area (Å²) in [4.78, 5) is 34.0. The van der Waals surface area contributed by atoms with Crippen LogP contribution in [0.4, 0.5) is 5.13 Å². The highest BCUT2D eigenvalue weighted by Crippen LogP contribution is 2.29. The molecule has 0 unspecified atom stereocenters. The van der Waals surface area contributed by atoms with Gasteiger partial charge < -0.3 is 15.1 Å². The normalized spacial score (nSPS) is 17.3. The lowest BCUT2D eigenvalue weighted by Crippen LogP contribution is -2.41. The number of amides is 2. The van der Waals surface area contributed by atoms with Gasteiger partial charge in [-0.05, 0) is 32.6 Å². The van der Waals surface area contributed by atoms with E-state index in [2.05, 4.69) is 41.4 Å². The Balaban J connectivity index is 1.10. The smallest absolute Gasteiger partial charge is 0.223 e. The van der Waals surface area contributed by atoms with E-state index in [1.165, 1.54) is 5.56 Å². The highest BCUT2D eigenvalue weighted by atomic mass is 32.1. The fourth-order valence-corrected chi connectivity index (χ4v) is 5.51. The van der Waals surface area contributed by atoms with Crippen LogP contribution in [-0.2, 0) is 9.59 Å². The lowest BCUT2D eigenvalue weighted by atomic mass is 9.96. The number of hydrogen-bond donors (Lipinski definition) is 1. The summed E-state index contributed by atoms with van der Waals surface area (Å²) in [5, 5.41) is 8.77. The molecule has 2 saturated heterocycles. The number of likely N-dealkylation sites (tertiary alicyclic amines) is 1. The summed E-state index contributed by atoms with van der Waals surface area (Å²) in [6.45, 7) is 5.96. The van der Waals surface area contributed by atoms with Crippen molar-refractivity contribution in [3.05, 3.63) is 36.0 Å². The summed E-state index contributed by atoms with van der Waals surface area (Å²) in [6.07, 6.45) is 6.09. The predicted octanol–water partition coefficient (Wildman–Crippen LogP) is 3.11. The number of nitrogens with one attached hydrogen (secondary N) is 1. The van der Waals surface area contributed by atoms with Crippen LogP contribution in [0.1, 0.15) is 37.7 Å². The molecule has 0 saturated carbocycles. The van der Waals surface area contributed by atoms with Crippen molar-refractivity contribution in [2.45, 2.75) is 39.0 Å². The average Bonchev–Trinajstić information content (AvgIpc) is 3.52. The first kappa shape index (κ1) is 21.9. The zero-order chi connectivity index (χ0) is 22.8. The summed E-state index contributed by atoms with van der Waals surface area (Å²) < 4.78 is 1.86. The Bertz CT molecular complexity index is 1100. The zero-order valence-corrected chi connectivity index (χ0v) is 19.8. The van der Waals surface area contributed by atoms with Crippen molar-refractivity contribution in [2.24, 2.45) is 5.92 Å². The Morgan fingerprint density at radius 3 is 2.67 bits per heavy atom. The van der Waals surface area contributed by atoms with Crippen molar-refractivity contribution in [3.63, 3.8) is 0 Å². The fourth-order valence-electron chi connectivity index (χ4n) is 4.58. The van der Waals surface area contributed by atoms with E-state index in [4.69, 9.17) is 10.1 Å². The maximum absolute atomic E-state index is 12.6. The average molecular weight is 467 g/mol. The molecule has 4 heterocycles. The standard InChI is InChI=1S/C24H30N6O2S/c1-17-5-7-18(8-6-17)20-16-30-23(26-20)33-24(27-30)29-14-9-19(10-15-29)22(32)25-11-3-13-28-12-2-4-21(28)31/h5-8,16,19H,2-4,9-15H2,1H3,(H,25,32). The van der Waals surface area contributed by atoms with Crippen LogP contribution in [0, 0.1) is 12.8 Å². The van der Waals surface area contributed by atoms with Crippen molar-refractivity contribution in [2.75, 3.05) is 37.6 Å². The Kier molecular flexibility index (Phi) is 6.30. The van der Waals surface area contributed by atoms with Crippen LogP contribution in [0.25, 0.3) is 16.2 Å². The van der Waals surface area contributed by atoms with Gasteiger partial charge in [-0.3, -0.25) is 9.59 Å². The lowest BCUT2D eigenvalue weighted by molar-refractivity contribution is -0.127. The van der Waals surface area contributed by atoms with Crippen LogP contribution in [-0.4, -0.2) is 64.0 Å². The first-order valence-electron chi connectivity index (χ1n) is 11.8. The van der Waals surface area contributed by atoms with Crippen LogP contribution < -0.4 is 10.2 Å². The van der Waals surface area contributed by atoms with Crippen molar-refractivity contribution in [1.29, 1.82) is 0 Å². The quantitative estimate of drug-likeness (QED) is 0.541. The Labute approximate surface area is 197 Å². The summed E-state index contributed by atoms with van der Waals surface area (Å²) >= 11 is 1.60. The van der Waals surface area contributed by atoms with Gasteiger partial charge in [0.25, 0.3) is 0 Å². The molecule has 2 amide bonds. The molecule has 0 atom stereocenters. The molecule has 174 valence electrons. The van der Waals surface area contributed by atoms with Crippen molar-refractivity contribution >= 4 is 33.2 Å². The third-order valence-electron chi connectivity index (χ3n) is 6.59. The Hall–Kier alpha value is -2.94. The second kappa shape index (κ2) is 9.51. The van der Waals surface area contributed by atoms with Gasteiger partial charge in [-0.2, -0.15) is 0 Å². The van der Waals surface area contributed by atoms with Crippen molar-refractivity contribution < 1.29 is 9.59 Å². The maximum atomic E-state index is 12.6. The Morgan fingerprint density at radius 2 is 1.97 bits per heavy atom. The molecule has 5 rings (SSSR count). The van der Waals surface area contributed by atoms with Gasteiger partial charge in [0.1, 0.15) is 0 Å². The number of nitrogens with zero attached hydrogens (tertiary/aromatic N) is 5. The predicted molar refractivity (Wildman–Crippen MR) is 129 cm³/mol. The molecule has 3 aromatic rings. The lowest BCUT2D eigenvalue weighted by Gasteiger charge is -2.30. The maximum Gasteiger partial charge on any atom is 0.223 e. The summed E-state index contributed by atoms with van der Waals surface area (Å²) in [7, 11) is 0. The van der Waals surface area contributed by atoms with Gasteiger partial charge >= 0.3 is 0 Å². The van der Waals surface area contributed by atoms with Gasteiger partial charge in [-0.15, -0.1) is 5.10 Å². The molecule has 8 nitrogen and oxygen atoms in total. The number of aryl methyl sites for hydroxylation is 1. The van der Waals surface area contributed by atoms with E-state index in [0.29, 0.717) is 13.0 Å². The minimum Gasteiger partial charge on any atom is -0.356 e. The molecule has 0 bridgehead atoms. The number of imidazole rings is 1. The molecule has 2 aromatic heterocycles. The number of hydrogen-bond acceptors (Lipinski definition) is 6. The molecule has 2 fully saturated rings. The minimum atomic E-state index is 0.0480. The van der Waals surface area contributed by atoms with E-state index in [9.17, 15) is 9.59 Å². The highest BCUT2D eigenvalue weighted by Gasteiger charge is 2.27. The summed E-state index contributed by atoms with van der Waals surface area (Å²) in [6, 6.07) is 8.36. The minimum absolute atomic E-state index is 0.0480. The molecular formula is C24H30N6O2S. The van der Waals surface area contributed by atoms with E-state index in [1.54, 1.807) is 11.3 Å². The number of carbonyl (C=O) groups is 2. The van der Waals surface area contributed by atoms with Crippen LogP contribution in [0.5, 0.6) is 0 Å². The molecule has 2 aliphatic heterocycles. The van der Waals surface area contributed by atoms with Crippen LogP contribution in [0.15, 0.2) is 30.5 Å². The third-order valence-corrected chi connectivity index (χ3v) is 7.57. The topological polar surface area (TPSA) is 82.8 Å². The first-order valence-corrected chi connectivity index (χ1v) is 12.6. The first-order chi connectivity index (χ1) is 16.1. The van der Waals surface area contributed by atoms with Crippen LogP contribution in [0.2, 0.25) is 0 Å². The largest absolute Gasteiger partial charge is 0.356 e. The van der Waals surface area contributed by atoms with Crippen molar-refractivity contribution in [3.8, 4) is 11.3 Å². The van der Waals surface area contributed by atoms with E-state index in [-0.39, 0.29) is 17.7 Å². The molecule has 9 heteroatoms. The van der Waals surface area contributed by atoms with Gasteiger partial charge in [0, 0.05) is 50.6 Å². The number of fused-ring (bicyclic) bond motifs is 1. The van der Waals surface area contributed by atoms with Gasteiger partial charge in [-0.1, -0.05) is 41.2 Å². The molecule has 1 aromatic carbocycles. The van der Waals surface area contributed by atoms with Crippen LogP contribution in [0.3, 0.4) is 0 Å². The van der Waals surface area contributed by atoms with E-state index in [0.717, 1.165) is 73.2 Å². The van der Waals surface area contributed by atoms with Crippen LogP contribution >= 0.6 is 11.3 Å². The number of piperidine rings is 1. The highest BCUT2D eigenvalue weighted by molar-refractivity contribution is 7.20. The molecule has 33 heavy (non-hydrogen) atoms. The van der Waals surface area contributed by atoms with E-state index >= 15 is 0 Å². The fraction of sp³-hybridized carbons (Fsp3) is 0.500.